The third-order valence-electron chi connectivity index (χ3n) is 5.53. The molecule has 0 spiro atoms. The van der Waals surface area contributed by atoms with Crippen LogP contribution in [0.1, 0.15) is 22.4 Å². The van der Waals surface area contributed by atoms with Crippen LogP contribution in [-0.4, -0.2) is 25.0 Å². The van der Waals surface area contributed by atoms with Gasteiger partial charge in [-0.3, -0.25) is 0 Å². The van der Waals surface area contributed by atoms with Crippen molar-refractivity contribution < 1.29 is 17.9 Å². The van der Waals surface area contributed by atoms with E-state index >= 15 is 0 Å². The Balaban J connectivity index is 1.30. The number of aromatic nitrogens is 5. The SMILES string of the molecule is N#Cc1cc(-n2cc(COc3ccc4ncnc(NCc5ccccc5)c4c3)nn2)ccc1C(F)(F)F. The minimum atomic E-state index is -4.62. The largest absolute Gasteiger partial charge is 0.487 e. The van der Waals surface area contributed by atoms with Gasteiger partial charge in [0.2, 0.25) is 0 Å². The van der Waals surface area contributed by atoms with Crippen molar-refractivity contribution in [3.8, 4) is 17.5 Å². The Kier molecular flexibility index (Phi) is 6.38. The summed E-state index contributed by atoms with van der Waals surface area (Å²) in [5, 5.41) is 21.2. The number of hydrogen-bond donors (Lipinski definition) is 1. The van der Waals surface area contributed by atoms with Gasteiger partial charge in [0.05, 0.1) is 34.6 Å². The lowest BCUT2D eigenvalue weighted by atomic mass is 10.1. The van der Waals surface area contributed by atoms with Crippen molar-refractivity contribution in [3.63, 3.8) is 0 Å². The summed E-state index contributed by atoms with van der Waals surface area (Å²) in [5.74, 6) is 1.22. The zero-order valence-corrected chi connectivity index (χ0v) is 19.1. The predicted octanol–water partition coefficient (Wildman–Crippen LogP) is 5.29. The Hall–Kier alpha value is -4.98. The van der Waals surface area contributed by atoms with Crippen molar-refractivity contribution in [2.45, 2.75) is 19.3 Å². The lowest BCUT2D eigenvalue weighted by Gasteiger charge is -2.10. The molecule has 37 heavy (non-hydrogen) atoms. The molecule has 0 aliphatic rings. The van der Waals surface area contributed by atoms with Gasteiger partial charge in [-0.2, -0.15) is 18.4 Å². The summed E-state index contributed by atoms with van der Waals surface area (Å²) in [6.45, 7) is 0.663. The number of nitrogens with one attached hydrogen (secondary N) is 1. The molecular formula is C26H18F3N7O. The normalized spacial score (nSPS) is 11.3. The van der Waals surface area contributed by atoms with Crippen LogP contribution in [0.3, 0.4) is 0 Å². The highest BCUT2D eigenvalue weighted by molar-refractivity contribution is 5.89. The maximum Gasteiger partial charge on any atom is 0.417 e. The zero-order valence-electron chi connectivity index (χ0n) is 19.1. The minimum absolute atomic E-state index is 0.0672. The molecule has 3 aromatic carbocycles. The average molecular weight is 501 g/mol. The molecule has 0 bridgehead atoms. The van der Waals surface area contributed by atoms with Crippen LogP contribution in [0, 0.1) is 11.3 Å². The summed E-state index contributed by atoms with van der Waals surface area (Å²) in [7, 11) is 0. The summed E-state index contributed by atoms with van der Waals surface area (Å²) >= 11 is 0. The molecule has 2 aromatic heterocycles. The van der Waals surface area contributed by atoms with Gasteiger partial charge in [-0.1, -0.05) is 35.5 Å². The summed E-state index contributed by atoms with van der Waals surface area (Å²) in [4.78, 5) is 8.66. The summed E-state index contributed by atoms with van der Waals surface area (Å²) < 4.78 is 46.4. The fourth-order valence-electron chi connectivity index (χ4n) is 3.71. The molecular weight excluding hydrogens is 483 g/mol. The minimum Gasteiger partial charge on any atom is -0.487 e. The summed E-state index contributed by atoms with van der Waals surface area (Å²) in [6, 6.07) is 20.1. The molecule has 1 N–H and O–H groups in total. The maximum absolute atomic E-state index is 13.1. The van der Waals surface area contributed by atoms with Crippen molar-refractivity contribution in [2.75, 3.05) is 5.32 Å². The monoisotopic (exact) mass is 501 g/mol. The van der Waals surface area contributed by atoms with E-state index in [0.29, 0.717) is 23.8 Å². The van der Waals surface area contributed by atoms with Crippen molar-refractivity contribution in [2.24, 2.45) is 0 Å². The molecule has 0 atom stereocenters. The Bertz CT molecular complexity index is 1590. The number of nitriles is 1. The second kappa shape index (κ2) is 9.94. The molecule has 5 rings (SSSR count). The molecule has 8 nitrogen and oxygen atoms in total. The molecule has 0 saturated heterocycles. The van der Waals surface area contributed by atoms with Gasteiger partial charge >= 0.3 is 6.18 Å². The third-order valence-corrected chi connectivity index (χ3v) is 5.53. The van der Waals surface area contributed by atoms with E-state index in [1.54, 1.807) is 12.1 Å². The smallest absolute Gasteiger partial charge is 0.417 e. The van der Waals surface area contributed by atoms with E-state index in [4.69, 9.17) is 10.00 Å². The van der Waals surface area contributed by atoms with E-state index in [2.05, 4.69) is 25.6 Å². The Morgan fingerprint density at radius 3 is 2.62 bits per heavy atom. The molecule has 0 amide bonds. The number of anilines is 1. The molecule has 5 aromatic rings. The molecule has 0 aliphatic carbocycles. The van der Waals surface area contributed by atoms with E-state index < -0.39 is 17.3 Å². The first-order valence-electron chi connectivity index (χ1n) is 11.1. The van der Waals surface area contributed by atoms with E-state index in [0.717, 1.165) is 28.6 Å². The van der Waals surface area contributed by atoms with Crippen molar-refractivity contribution in [1.29, 1.82) is 5.26 Å². The topological polar surface area (TPSA) is 102 Å². The number of alkyl halides is 3. The Labute approximate surface area is 209 Å². The van der Waals surface area contributed by atoms with Gasteiger partial charge in [-0.25, -0.2) is 14.6 Å². The standard InChI is InChI=1S/C26H18F3N7O/c27-26(28,29)23-8-6-20(10-18(23)12-30)36-14-19(34-35-36)15-37-21-7-9-24-22(11-21)25(33-16-32-24)31-13-17-4-2-1-3-5-17/h1-11,14,16H,13,15H2,(H,31,32,33). The van der Waals surface area contributed by atoms with Crippen LogP contribution in [0.2, 0.25) is 0 Å². The highest BCUT2D eigenvalue weighted by atomic mass is 19.4. The fourth-order valence-corrected chi connectivity index (χ4v) is 3.71. The number of rotatable bonds is 7. The molecule has 0 aliphatic heterocycles. The summed E-state index contributed by atoms with van der Waals surface area (Å²) in [6.07, 6.45) is -1.60. The van der Waals surface area contributed by atoms with Crippen LogP contribution in [0.4, 0.5) is 19.0 Å². The second-order valence-corrected chi connectivity index (χ2v) is 8.02. The number of nitrogens with zero attached hydrogens (tertiary/aromatic N) is 6. The molecule has 0 radical (unpaired) electrons. The third kappa shape index (κ3) is 5.33. The van der Waals surface area contributed by atoms with E-state index in [1.807, 2.05) is 42.5 Å². The number of fused-ring (bicyclic) bond motifs is 1. The highest BCUT2D eigenvalue weighted by Crippen LogP contribution is 2.32. The maximum atomic E-state index is 13.1. The quantitative estimate of drug-likeness (QED) is 0.323. The van der Waals surface area contributed by atoms with Gasteiger partial charge in [0.25, 0.3) is 0 Å². The predicted molar refractivity (Wildman–Crippen MR) is 129 cm³/mol. The fraction of sp³-hybridized carbons (Fsp3) is 0.115. The average Bonchev–Trinajstić information content (AvgIpc) is 3.39. The van der Waals surface area contributed by atoms with Gasteiger partial charge < -0.3 is 10.1 Å². The molecule has 0 fully saturated rings. The van der Waals surface area contributed by atoms with Gasteiger partial charge in [0, 0.05) is 11.9 Å². The van der Waals surface area contributed by atoms with Gasteiger partial charge in [-0.05, 0) is 42.0 Å². The van der Waals surface area contributed by atoms with Crippen molar-refractivity contribution >= 4 is 16.7 Å². The molecule has 11 heteroatoms. The lowest BCUT2D eigenvalue weighted by molar-refractivity contribution is -0.137. The molecule has 0 saturated carbocycles. The van der Waals surface area contributed by atoms with Gasteiger partial charge in [0.1, 0.15) is 30.2 Å². The Morgan fingerprint density at radius 2 is 1.84 bits per heavy atom. The molecule has 2 heterocycles. The zero-order chi connectivity index (χ0) is 25.8. The van der Waals surface area contributed by atoms with E-state index in [9.17, 15) is 13.2 Å². The van der Waals surface area contributed by atoms with Crippen molar-refractivity contribution in [3.05, 3.63) is 102 Å². The van der Waals surface area contributed by atoms with E-state index in [-0.39, 0.29) is 12.3 Å². The number of benzene rings is 3. The van der Waals surface area contributed by atoms with Crippen LogP contribution in [0.15, 0.2) is 79.3 Å². The van der Waals surface area contributed by atoms with Crippen LogP contribution >= 0.6 is 0 Å². The van der Waals surface area contributed by atoms with Gasteiger partial charge in [-0.15, -0.1) is 5.10 Å². The number of halogens is 3. The van der Waals surface area contributed by atoms with Crippen LogP contribution < -0.4 is 10.1 Å². The first-order valence-corrected chi connectivity index (χ1v) is 11.1. The van der Waals surface area contributed by atoms with Crippen LogP contribution in [0.25, 0.3) is 16.6 Å². The molecule has 184 valence electrons. The van der Waals surface area contributed by atoms with Crippen LogP contribution in [-0.2, 0) is 19.3 Å². The highest BCUT2D eigenvalue weighted by Gasteiger charge is 2.33. The summed E-state index contributed by atoms with van der Waals surface area (Å²) in [5.41, 5.74) is 1.10. The first-order chi connectivity index (χ1) is 17.9. The molecule has 0 unspecified atom stereocenters. The Morgan fingerprint density at radius 1 is 1.00 bits per heavy atom. The second-order valence-electron chi connectivity index (χ2n) is 8.02. The number of hydrogen-bond acceptors (Lipinski definition) is 7. The van der Waals surface area contributed by atoms with Crippen molar-refractivity contribution in [1.82, 2.24) is 25.0 Å². The lowest BCUT2D eigenvalue weighted by Crippen LogP contribution is -2.08. The first kappa shape index (κ1) is 23.7. The van der Waals surface area contributed by atoms with Gasteiger partial charge in [0.15, 0.2) is 0 Å². The number of ether oxygens (including phenoxy) is 1. The van der Waals surface area contributed by atoms with E-state index in [1.165, 1.54) is 23.3 Å². The van der Waals surface area contributed by atoms with Crippen LogP contribution in [0.5, 0.6) is 5.75 Å².